The SMILES string of the molecule is CSc1nc2ccc(NC(=O)c3cn[nH]c3C)cc2s1. The molecule has 3 aromatic rings. The van der Waals surface area contributed by atoms with Crippen LogP contribution in [0.1, 0.15) is 16.1 Å². The number of aryl methyl sites for hydroxylation is 1. The van der Waals surface area contributed by atoms with Gasteiger partial charge in [-0.3, -0.25) is 9.89 Å². The smallest absolute Gasteiger partial charge is 0.259 e. The fourth-order valence-electron chi connectivity index (χ4n) is 1.85. The molecule has 5 nitrogen and oxygen atoms in total. The molecule has 2 N–H and O–H groups in total. The number of hydrogen-bond acceptors (Lipinski definition) is 5. The molecule has 102 valence electrons. The van der Waals surface area contributed by atoms with E-state index in [1.54, 1.807) is 23.1 Å². The van der Waals surface area contributed by atoms with Crippen molar-refractivity contribution in [2.75, 3.05) is 11.6 Å². The van der Waals surface area contributed by atoms with Crippen LogP contribution in [-0.2, 0) is 0 Å². The third-order valence-corrected chi connectivity index (χ3v) is 4.88. The van der Waals surface area contributed by atoms with Crippen LogP contribution in [0.2, 0.25) is 0 Å². The molecule has 0 unspecified atom stereocenters. The summed E-state index contributed by atoms with van der Waals surface area (Å²) >= 11 is 3.24. The third-order valence-electron chi connectivity index (χ3n) is 2.88. The lowest BCUT2D eigenvalue weighted by Crippen LogP contribution is -2.12. The lowest BCUT2D eigenvalue weighted by molar-refractivity contribution is 0.102. The maximum absolute atomic E-state index is 12.1. The second-order valence-corrected chi connectivity index (χ2v) is 6.31. The second kappa shape index (κ2) is 5.26. The number of aromatic nitrogens is 3. The zero-order valence-electron chi connectivity index (χ0n) is 10.9. The van der Waals surface area contributed by atoms with Crippen LogP contribution in [0.25, 0.3) is 10.2 Å². The summed E-state index contributed by atoms with van der Waals surface area (Å²) < 4.78 is 2.09. The molecule has 0 aliphatic heterocycles. The summed E-state index contributed by atoms with van der Waals surface area (Å²) in [6, 6.07) is 5.73. The van der Waals surface area contributed by atoms with Gasteiger partial charge in [-0.05, 0) is 31.4 Å². The topological polar surface area (TPSA) is 70.7 Å². The first-order valence-electron chi connectivity index (χ1n) is 5.93. The van der Waals surface area contributed by atoms with E-state index in [4.69, 9.17) is 0 Å². The first-order chi connectivity index (χ1) is 9.67. The fourth-order valence-corrected chi connectivity index (χ4v) is 3.38. The fraction of sp³-hybridized carbons (Fsp3) is 0.154. The number of amides is 1. The first kappa shape index (κ1) is 13.1. The number of carbonyl (C=O) groups excluding carboxylic acids is 1. The van der Waals surface area contributed by atoms with Crippen molar-refractivity contribution in [1.29, 1.82) is 0 Å². The first-order valence-corrected chi connectivity index (χ1v) is 7.97. The van der Waals surface area contributed by atoms with Gasteiger partial charge in [0.25, 0.3) is 5.91 Å². The molecule has 0 spiro atoms. The number of rotatable bonds is 3. The number of thiazole rings is 1. The zero-order valence-corrected chi connectivity index (χ0v) is 12.6. The van der Waals surface area contributed by atoms with Crippen LogP contribution >= 0.6 is 23.1 Å². The molecule has 0 aliphatic rings. The minimum absolute atomic E-state index is 0.162. The molecular formula is C13H12N4OS2. The molecule has 1 amide bonds. The number of H-pyrrole nitrogens is 1. The van der Waals surface area contributed by atoms with Gasteiger partial charge in [-0.1, -0.05) is 11.8 Å². The molecule has 1 aromatic carbocycles. The van der Waals surface area contributed by atoms with E-state index >= 15 is 0 Å². The van der Waals surface area contributed by atoms with Crippen molar-refractivity contribution in [3.63, 3.8) is 0 Å². The van der Waals surface area contributed by atoms with E-state index in [2.05, 4.69) is 20.5 Å². The number of carbonyl (C=O) groups is 1. The van der Waals surface area contributed by atoms with Crippen LogP contribution in [-0.4, -0.2) is 27.3 Å². The van der Waals surface area contributed by atoms with E-state index in [1.165, 1.54) is 6.20 Å². The Hall–Kier alpha value is -1.86. The Kier molecular flexibility index (Phi) is 3.45. The van der Waals surface area contributed by atoms with Gasteiger partial charge in [0.05, 0.1) is 22.0 Å². The highest BCUT2D eigenvalue weighted by Gasteiger charge is 2.11. The summed E-state index contributed by atoms with van der Waals surface area (Å²) in [6.45, 7) is 1.82. The van der Waals surface area contributed by atoms with Gasteiger partial charge in [0, 0.05) is 11.4 Å². The zero-order chi connectivity index (χ0) is 14.1. The number of benzene rings is 1. The van der Waals surface area contributed by atoms with Gasteiger partial charge in [-0.2, -0.15) is 5.10 Å². The van der Waals surface area contributed by atoms with E-state index < -0.39 is 0 Å². The standard InChI is InChI=1S/C13H12N4OS2/c1-7-9(6-14-17-7)12(18)15-8-3-4-10-11(5-8)20-13(16-10)19-2/h3-6H,1-2H3,(H,14,17)(H,15,18). The Labute approximate surface area is 123 Å². The van der Waals surface area contributed by atoms with Crippen molar-refractivity contribution >= 4 is 44.9 Å². The van der Waals surface area contributed by atoms with Crippen molar-refractivity contribution in [3.05, 3.63) is 35.7 Å². The maximum Gasteiger partial charge on any atom is 0.259 e. The van der Waals surface area contributed by atoms with Gasteiger partial charge in [0.15, 0.2) is 4.34 Å². The van der Waals surface area contributed by atoms with Crippen LogP contribution in [0.5, 0.6) is 0 Å². The van der Waals surface area contributed by atoms with Crippen LogP contribution in [0.3, 0.4) is 0 Å². The molecule has 3 rings (SSSR count). The molecule has 0 saturated heterocycles. The number of hydrogen-bond donors (Lipinski definition) is 2. The predicted molar refractivity (Wildman–Crippen MR) is 82.7 cm³/mol. The highest BCUT2D eigenvalue weighted by atomic mass is 32.2. The Balaban J connectivity index is 1.87. The molecule has 2 heterocycles. The van der Waals surface area contributed by atoms with E-state index in [0.717, 1.165) is 25.9 Å². The molecule has 0 radical (unpaired) electrons. The molecule has 0 fully saturated rings. The maximum atomic E-state index is 12.1. The normalized spacial score (nSPS) is 10.9. The van der Waals surface area contributed by atoms with Gasteiger partial charge in [0.1, 0.15) is 0 Å². The number of nitrogens with zero attached hydrogens (tertiary/aromatic N) is 2. The Morgan fingerprint density at radius 2 is 2.30 bits per heavy atom. The highest BCUT2D eigenvalue weighted by Crippen LogP contribution is 2.30. The largest absolute Gasteiger partial charge is 0.322 e. The van der Waals surface area contributed by atoms with Crippen LogP contribution < -0.4 is 5.32 Å². The van der Waals surface area contributed by atoms with Gasteiger partial charge in [-0.25, -0.2) is 4.98 Å². The highest BCUT2D eigenvalue weighted by molar-refractivity contribution is 8.00. The van der Waals surface area contributed by atoms with E-state index in [9.17, 15) is 4.79 Å². The second-order valence-electron chi connectivity index (χ2n) is 4.23. The van der Waals surface area contributed by atoms with Gasteiger partial charge in [-0.15, -0.1) is 11.3 Å². The van der Waals surface area contributed by atoms with Crippen molar-refractivity contribution in [3.8, 4) is 0 Å². The molecule has 0 saturated carbocycles. The number of nitrogens with one attached hydrogen (secondary N) is 2. The molecular weight excluding hydrogens is 292 g/mol. The summed E-state index contributed by atoms with van der Waals surface area (Å²) in [7, 11) is 0. The van der Waals surface area contributed by atoms with Gasteiger partial charge < -0.3 is 5.32 Å². The Morgan fingerprint density at radius 1 is 1.45 bits per heavy atom. The van der Waals surface area contributed by atoms with Crippen molar-refractivity contribution < 1.29 is 4.79 Å². The summed E-state index contributed by atoms with van der Waals surface area (Å²) in [5.41, 5.74) is 3.03. The summed E-state index contributed by atoms with van der Waals surface area (Å²) in [5, 5.41) is 9.48. The molecule has 7 heteroatoms. The Morgan fingerprint density at radius 3 is 3.00 bits per heavy atom. The van der Waals surface area contributed by atoms with Crippen molar-refractivity contribution in [1.82, 2.24) is 15.2 Å². The van der Waals surface area contributed by atoms with Crippen LogP contribution in [0.4, 0.5) is 5.69 Å². The Bertz CT molecular complexity index is 778. The molecule has 0 atom stereocenters. The molecule has 2 aromatic heterocycles. The monoisotopic (exact) mass is 304 g/mol. The number of aromatic amines is 1. The minimum Gasteiger partial charge on any atom is -0.322 e. The van der Waals surface area contributed by atoms with Crippen molar-refractivity contribution in [2.45, 2.75) is 11.3 Å². The third kappa shape index (κ3) is 2.41. The average Bonchev–Trinajstić information content (AvgIpc) is 3.03. The van der Waals surface area contributed by atoms with Crippen LogP contribution in [0.15, 0.2) is 28.7 Å². The molecule has 0 aliphatic carbocycles. The number of anilines is 1. The minimum atomic E-state index is -0.162. The van der Waals surface area contributed by atoms with Crippen LogP contribution in [0, 0.1) is 6.92 Å². The van der Waals surface area contributed by atoms with Gasteiger partial charge in [0.2, 0.25) is 0 Å². The predicted octanol–water partition coefficient (Wildman–Crippen LogP) is 3.30. The molecule has 20 heavy (non-hydrogen) atoms. The van der Waals surface area contributed by atoms with Crippen molar-refractivity contribution in [2.24, 2.45) is 0 Å². The summed E-state index contributed by atoms with van der Waals surface area (Å²) in [5.74, 6) is -0.162. The average molecular weight is 304 g/mol. The summed E-state index contributed by atoms with van der Waals surface area (Å²) in [6.07, 6.45) is 3.53. The van der Waals surface area contributed by atoms with Gasteiger partial charge >= 0.3 is 0 Å². The quantitative estimate of drug-likeness (QED) is 0.728. The number of thioether (sulfide) groups is 1. The number of fused-ring (bicyclic) bond motifs is 1. The van der Waals surface area contributed by atoms with E-state index in [0.29, 0.717) is 5.56 Å². The molecule has 0 bridgehead atoms. The van der Waals surface area contributed by atoms with E-state index in [-0.39, 0.29) is 5.91 Å². The summed E-state index contributed by atoms with van der Waals surface area (Å²) in [4.78, 5) is 16.6. The van der Waals surface area contributed by atoms with E-state index in [1.807, 2.05) is 31.4 Å². The lowest BCUT2D eigenvalue weighted by atomic mass is 10.2. The lowest BCUT2D eigenvalue weighted by Gasteiger charge is -2.03.